The molecule has 0 aromatic carbocycles. The van der Waals surface area contributed by atoms with Gasteiger partial charge in [0.1, 0.15) is 0 Å². The molecule has 0 aromatic heterocycles. The molecule has 0 aliphatic carbocycles. The van der Waals surface area contributed by atoms with Gasteiger partial charge in [-0.25, -0.2) is 0 Å². The van der Waals surface area contributed by atoms with Crippen LogP contribution in [0.5, 0.6) is 0 Å². The Hall–Kier alpha value is 0.510. The maximum absolute atomic E-state index is 10.9. The van der Waals surface area contributed by atoms with E-state index in [1.807, 2.05) is 13.8 Å². The van der Waals surface area contributed by atoms with Crippen molar-refractivity contribution in [2.75, 3.05) is 12.4 Å². The molecule has 0 aromatic rings. The van der Waals surface area contributed by atoms with E-state index in [0.717, 1.165) is 25.3 Å². The first kappa shape index (κ1) is 13.5. The van der Waals surface area contributed by atoms with Gasteiger partial charge in [0.25, 0.3) is 0 Å². The molecule has 78 valence electrons. The number of hydrogen-bond donors (Lipinski definition) is 1. The predicted molar refractivity (Wildman–Crippen MR) is 66.7 cm³/mol. The molecule has 3 nitrogen and oxygen atoms in total. The van der Waals surface area contributed by atoms with Crippen LogP contribution in [0.25, 0.3) is 0 Å². The number of amides is 1. The molecule has 1 amide bonds. The van der Waals surface area contributed by atoms with Crippen LogP contribution in [0.15, 0.2) is 0 Å². The van der Waals surface area contributed by atoms with Crippen LogP contribution in [0.1, 0.15) is 26.7 Å². The number of nitrogens with zero attached hydrogens (tertiary/aromatic N) is 1. The van der Waals surface area contributed by atoms with Gasteiger partial charge in [-0.1, -0.05) is 22.8 Å². The summed E-state index contributed by atoms with van der Waals surface area (Å²) in [5.74, 6) is 0.738. The fraction of sp³-hybridized carbons (Fsp3) is 0.875. The largest absolute Gasteiger partial charge is 0.368 e. The quantitative estimate of drug-likeness (QED) is 0.810. The summed E-state index contributed by atoms with van der Waals surface area (Å²) in [4.78, 5) is 13.0. The lowest BCUT2D eigenvalue weighted by molar-refractivity contribution is -0.121. The van der Waals surface area contributed by atoms with Gasteiger partial charge in [-0.2, -0.15) is 0 Å². The summed E-state index contributed by atoms with van der Waals surface area (Å²) in [6, 6.07) is -0.00253. The van der Waals surface area contributed by atoms with Crippen molar-refractivity contribution in [3.8, 4) is 0 Å². The molecular formula is C8H17IN2OS. The van der Waals surface area contributed by atoms with E-state index < -0.39 is 0 Å². The van der Waals surface area contributed by atoms with Crippen molar-refractivity contribution in [3.63, 3.8) is 0 Å². The Kier molecular flexibility index (Phi) is 8.18. The number of likely N-dealkylation sites (tertiary alicyclic amines) is 1. The molecule has 1 aliphatic heterocycles. The molecule has 1 aliphatic rings. The van der Waals surface area contributed by atoms with Gasteiger partial charge >= 0.3 is 0 Å². The van der Waals surface area contributed by atoms with Crippen LogP contribution in [0.4, 0.5) is 0 Å². The van der Waals surface area contributed by atoms with Crippen LogP contribution in [-0.2, 0) is 4.79 Å². The maximum Gasteiger partial charge on any atom is 0.234 e. The fourth-order valence-electron chi connectivity index (χ4n) is 1.37. The van der Waals surface area contributed by atoms with Gasteiger partial charge < -0.3 is 5.73 Å². The van der Waals surface area contributed by atoms with Crippen LogP contribution in [0.3, 0.4) is 0 Å². The lowest BCUT2D eigenvalue weighted by Gasteiger charge is -2.19. The molecule has 1 rings (SSSR count). The van der Waals surface area contributed by atoms with Crippen LogP contribution in [0, 0.1) is 0 Å². The molecule has 0 radical (unpaired) electrons. The summed E-state index contributed by atoms with van der Waals surface area (Å²) >= 11 is 2.23. The second kappa shape index (κ2) is 7.87. The van der Waals surface area contributed by atoms with Crippen LogP contribution < -0.4 is 5.73 Å². The van der Waals surface area contributed by atoms with E-state index in [1.165, 1.54) is 0 Å². The number of halogens is 1. The molecule has 1 heterocycles. The van der Waals surface area contributed by atoms with Gasteiger partial charge in [0, 0.05) is 0 Å². The number of hydrogen-bond acceptors (Lipinski definition) is 3. The van der Waals surface area contributed by atoms with E-state index in [-0.39, 0.29) is 11.9 Å². The molecular weight excluding hydrogens is 299 g/mol. The highest BCUT2D eigenvalue weighted by Crippen LogP contribution is 2.22. The molecule has 5 heteroatoms. The van der Waals surface area contributed by atoms with Crippen molar-refractivity contribution >= 4 is 36.0 Å². The third-order valence-electron chi connectivity index (χ3n) is 1.91. The van der Waals surface area contributed by atoms with Gasteiger partial charge in [-0.3, -0.25) is 9.69 Å². The second-order valence-corrected chi connectivity index (χ2v) is 4.96. The van der Waals surface area contributed by atoms with E-state index in [4.69, 9.17) is 5.73 Å². The van der Waals surface area contributed by atoms with Crippen molar-refractivity contribution in [1.82, 2.24) is 4.90 Å². The third kappa shape index (κ3) is 4.51. The standard InChI is InChI=1S/C6H11IN2OS.C2H6/c7-11-4-9-3-1-2-5(9)6(8)10;1-2/h5H,1-4H2,(H2,8,10);1-2H3. The number of nitrogens with two attached hydrogens (primary N) is 1. The van der Waals surface area contributed by atoms with E-state index >= 15 is 0 Å². The monoisotopic (exact) mass is 316 g/mol. The highest BCUT2D eigenvalue weighted by Gasteiger charge is 2.28. The third-order valence-corrected chi connectivity index (χ3v) is 3.17. The highest BCUT2D eigenvalue weighted by atomic mass is 127. The molecule has 0 spiro atoms. The van der Waals surface area contributed by atoms with Gasteiger partial charge in [0.05, 0.1) is 11.9 Å². The number of carbonyl (C=O) groups excluding carboxylic acids is 1. The number of primary amides is 1. The predicted octanol–water partition coefficient (Wildman–Crippen LogP) is 2.00. The molecule has 13 heavy (non-hydrogen) atoms. The Bertz CT molecular complexity index is 157. The minimum atomic E-state index is -0.173. The normalized spacial score (nSPS) is 22.2. The Morgan fingerprint density at radius 3 is 2.77 bits per heavy atom. The first-order valence-electron chi connectivity index (χ1n) is 4.52. The van der Waals surface area contributed by atoms with Crippen LogP contribution >= 0.6 is 30.1 Å². The Morgan fingerprint density at radius 2 is 2.31 bits per heavy atom. The molecule has 1 fully saturated rings. The molecule has 2 N–H and O–H groups in total. The second-order valence-electron chi connectivity index (χ2n) is 2.61. The van der Waals surface area contributed by atoms with Crippen LogP contribution in [-0.4, -0.2) is 29.3 Å². The van der Waals surface area contributed by atoms with Crippen molar-refractivity contribution in [2.24, 2.45) is 5.73 Å². The van der Waals surface area contributed by atoms with Crippen molar-refractivity contribution in [2.45, 2.75) is 32.7 Å². The molecule has 1 atom stereocenters. The number of rotatable bonds is 3. The van der Waals surface area contributed by atoms with Crippen molar-refractivity contribution < 1.29 is 4.79 Å². The summed E-state index contributed by atoms with van der Waals surface area (Å²) in [5.41, 5.74) is 5.23. The molecule has 1 saturated heterocycles. The van der Waals surface area contributed by atoms with Crippen molar-refractivity contribution in [1.29, 1.82) is 0 Å². The smallest absolute Gasteiger partial charge is 0.234 e. The zero-order valence-electron chi connectivity index (χ0n) is 8.12. The molecule has 0 saturated carbocycles. The Labute approximate surface area is 96.4 Å². The summed E-state index contributed by atoms with van der Waals surface area (Å²) in [6.07, 6.45) is 2.04. The lowest BCUT2D eigenvalue weighted by atomic mass is 10.2. The molecule has 0 bridgehead atoms. The van der Waals surface area contributed by atoms with Gasteiger partial charge in [0.2, 0.25) is 5.91 Å². The first-order chi connectivity index (χ1) is 6.25. The minimum absolute atomic E-state index is 0.00253. The summed E-state index contributed by atoms with van der Waals surface area (Å²) in [5, 5.41) is 0. The summed E-state index contributed by atoms with van der Waals surface area (Å²) in [6.45, 7) is 5.02. The van der Waals surface area contributed by atoms with Crippen molar-refractivity contribution in [3.05, 3.63) is 0 Å². The van der Waals surface area contributed by atoms with Gasteiger partial charge in [-0.05, 0) is 40.6 Å². The van der Waals surface area contributed by atoms with Gasteiger partial charge in [-0.15, -0.1) is 0 Å². The average Bonchev–Trinajstić information content (AvgIpc) is 2.57. The first-order valence-corrected chi connectivity index (χ1v) is 8.05. The summed E-state index contributed by atoms with van der Waals surface area (Å²) < 4.78 is 0. The van der Waals surface area contributed by atoms with E-state index in [0.29, 0.717) is 0 Å². The molecule has 1 unspecified atom stereocenters. The summed E-state index contributed by atoms with van der Waals surface area (Å²) in [7, 11) is 1.71. The topological polar surface area (TPSA) is 46.3 Å². The maximum atomic E-state index is 10.9. The van der Waals surface area contributed by atoms with E-state index in [9.17, 15) is 4.79 Å². The average molecular weight is 316 g/mol. The zero-order valence-corrected chi connectivity index (χ0v) is 11.1. The minimum Gasteiger partial charge on any atom is -0.368 e. The lowest BCUT2D eigenvalue weighted by Crippen LogP contribution is -2.39. The van der Waals surface area contributed by atoms with E-state index in [2.05, 4.69) is 26.1 Å². The van der Waals surface area contributed by atoms with Crippen LogP contribution in [0.2, 0.25) is 0 Å². The Morgan fingerprint density at radius 1 is 1.69 bits per heavy atom. The highest BCUT2D eigenvalue weighted by molar-refractivity contribution is 14.2. The van der Waals surface area contributed by atoms with Gasteiger partial charge in [0.15, 0.2) is 0 Å². The fourth-order valence-corrected chi connectivity index (χ4v) is 2.87. The Balaban J connectivity index is 0.000000671. The number of carbonyl (C=O) groups is 1. The van der Waals surface area contributed by atoms with E-state index in [1.54, 1.807) is 8.93 Å². The zero-order chi connectivity index (χ0) is 10.3. The SMILES string of the molecule is CC.NC(=O)C1CCCN1CSI.